The van der Waals surface area contributed by atoms with Gasteiger partial charge in [-0.15, -0.1) is 0 Å². The van der Waals surface area contributed by atoms with Gasteiger partial charge in [0, 0.05) is 22.8 Å². The number of aromatic amines is 1. The van der Waals surface area contributed by atoms with Crippen LogP contribution in [0.4, 0.5) is 13.2 Å². The minimum atomic E-state index is -4.33. The van der Waals surface area contributed by atoms with Crippen LogP contribution in [-0.2, 0) is 6.18 Å². The molecule has 1 N–H and O–H groups in total. The van der Waals surface area contributed by atoms with Gasteiger partial charge in [0.05, 0.1) is 5.56 Å². The molecule has 1 aromatic carbocycles. The van der Waals surface area contributed by atoms with Gasteiger partial charge < -0.3 is 4.98 Å². The zero-order chi connectivity index (χ0) is 15.0. The third kappa shape index (κ3) is 2.31. The number of hydrogen-bond acceptors (Lipinski definition) is 1. The number of fused-ring (bicyclic) bond motifs is 1. The molecule has 0 unspecified atom stereocenters. The predicted octanol–water partition coefficient (Wildman–Crippen LogP) is 4.89. The summed E-state index contributed by atoms with van der Waals surface area (Å²) >= 11 is 0. The fourth-order valence-corrected chi connectivity index (χ4v) is 2.33. The molecule has 106 valence electrons. The lowest BCUT2D eigenvalue weighted by atomic mass is 10.0. The first kappa shape index (κ1) is 13.4. The number of aromatic nitrogens is 2. The van der Waals surface area contributed by atoms with Crippen LogP contribution in [0.3, 0.4) is 0 Å². The van der Waals surface area contributed by atoms with E-state index in [0.717, 1.165) is 28.8 Å². The minimum absolute atomic E-state index is 0.663. The van der Waals surface area contributed by atoms with E-state index in [1.165, 1.54) is 12.1 Å². The quantitative estimate of drug-likeness (QED) is 0.714. The second-order valence-corrected chi connectivity index (χ2v) is 4.59. The van der Waals surface area contributed by atoms with E-state index in [2.05, 4.69) is 16.5 Å². The van der Waals surface area contributed by atoms with Crippen molar-refractivity contribution in [2.75, 3.05) is 0 Å². The normalized spacial score (nSPS) is 11.8. The molecule has 5 heteroatoms. The highest BCUT2D eigenvalue weighted by Gasteiger charge is 2.30. The van der Waals surface area contributed by atoms with Crippen LogP contribution in [0.1, 0.15) is 11.3 Å². The lowest BCUT2D eigenvalue weighted by Gasteiger charge is -2.08. The van der Waals surface area contributed by atoms with Crippen LogP contribution >= 0.6 is 0 Å². The Morgan fingerprint density at radius 3 is 2.43 bits per heavy atom. The van der Waals surface area contributed by atoms with Gasteiger partial charge >= 0.3 is 6.18 Å². The number of rotatable bonds is 2. The summed E-state index contributed by atoms with van der Waals surface area (Å²) in [6.45, 7) is 3.73. The molecule has 0 aliphatic rings. The Labute approximate surface area is 119 Å². The number of hydrogen-bond donors (Lipinski definition) is 1. The first-order chi connectivity index (χ1) is 10.0. The monoisotopic (exact) mass is 288 g/mol. The number of alkyl halides is 3. The van der Waals surface area contributed by atoms with E-state index in [4.69, 9.17) is 0 Å². The fraction of sp³-hybridized carbons (Fsp3) is 0.0625. The molecule has 21 heavy (non-hydrogen) atoms. The standard InChI is InChI=1S/C16H11F3N2/c1-2-13-14(12-4-3-9-20-15(12)21-13)10-5-7-11(8-6-10)16(17,18)19/h2-9H,1H2,(H,20,21). The van der Waals surface area contributed by atoms with Crippen molar-refractivity contribution in [3.8, 4) is 11.1 Å². The SMILES string of the molecule is C=Cc1[nH]c2ncccc2c1-c1ccc(C(F)(F)F)cc1. The number of benzene rings is 1. The van der Waals surface area contributed by atoms with Crippen LogP contribution in [0.25, 0.3) is 28.2 Å². The van der Waals surface area contributed by atoms with Crippen molar-refractivity contribution in [3.05, 3.63) is 60.4 Å². The van der Waals surface area contributed by atoms with Crippen LogP contribution in [0.15, 0.2) is 49.2 Å². The number of nitrogens with one attached hydrogen (secondary N) is 1. The number of pyridine rings is 1. The second kappa shape index (κ2) is 4.77. The van der Waals surface area contributed by atoms with Crippen molar-refractivity contribution in [2.45, 2.75) is 6.18 Å². The molecule has 0 aliphatic carbocycles. The Kier molecular flexibility index (Phi) is 3.05. The summed E-state index contributed by atoms with van der Waals surface area (Å²) in [7, 11) is 0. The van der Waals surface area contributed by atoms with E-state index in [-0.39, 0.29) is 0 Å². The molecule has 0 bridgehead atoms. The van der Waals surface area contributed by atoms with Crippen molar-refractivity contribution in [3.63, 3.8) is 0 Å². The van der Waals surface area contributed by atoms with Crippen molar-refractivity contribution in [1.82, 2.24) is 9.97 Å². The molecule has 3 rings (SSSR count). The van der Waals surface area contributed by atoms with E-state index < -0.39 is 11.7 Å². The third-order valence-corrected chi connectivity index (χ3v) is 3.30. The maximum absolute atomic E-state index is 12.6. The molecule has 0 spiro atoms. The molecule has 0 amide bonds. The molecule has 2 heterocycles. The first-order valence-corrected chi connectivity index (χ1v) is 6.27. The summed E-state index contributed by atoms with van der Waals surface area (Å²) in [5.41, 5.74) is 2.26. The molecule has 0 aliphatic heterocycles. The van der Waals surface area contributed by atoms with Gasteiger partial charge in [-0.25, -0.2) is 4.98 Å². The number of nitrogens with zero attached hydrogens (tertiary/aromatic N) is 1. The average Bonchev–Trinajstić information content (AvgIpc) is 2.85. The minimum Gasteiger partial charge on any atom is -0.339 e. The summed E-state index contributed by atoms with van der Waals surface area (Å²) in [5.74, 6) is 0. The van der Waals surface area contributed by atoms with Gasteiger partial charge in [-0.1, -0.05) is 18.7 Å². The lowest BCUT2D eigenvalue weighted by Crippen LogP contribution is -2.04. The summed E-state index contributed by atoms with van der Waals surface area (Å²) in [5, 5.41) is 0.854. The van der Waals surface area contributed by atoms with Gasteiger partial charge in [-0.2, -0.15) is 13.2 Å². The maximum Gasteiger partial charge on any atom is 0.416 e. The first-order valence-electron chi connectivity index (χ1n) is 6.27. The molecule has 2 nitrogen and oxygen atoms in total. The number of halogens is 3. The van der Waals surface area contributed by atoms with Crippen molar-refractivity contribution >= 4 is 17.1 Å². The largest absolute Gasteiger partial charge is 0.416 e. The van der Waals surface area contributed by atoms with Gasteiger partial charge in [-0.3, -0.25) is 0 Å². The third-order valence-electron chi connectivity index (χ3n) is 3.30. The van der Waals surface area contributed by atoms with Crippen LogP contribution < -0.4 is 0 Å². The molecule has 2 aromatic heterocycles. The molecule has 3 aromatic rings. The van der Waals surface area contributed by atoms with Crippen LogP contribution in [0, 0.1) is 0 Å². The molecular formula is C16H11F3N2. The van der Waals surface area contributed by atoms with Crippen molar-refractivity contribution < 1.29 is 13.2 Å². The summed E-state index contributed by atoms with van der Waals surface area (Å²) in [6.07, 6.45) is -1.04. The van der Waals surface area contributed by atoms with Crippen LogP contribution in [-0.4, -0.2) is 9.97 Å². The van der Waals surface area contributed by atoms with Gasteiger partial charge in [0.25, 0.3) is 0 Å². The van der Waals surface area contributed by atoms with Crippen LogP contribution in [0.5, 0.6) is 0 Å². The Morgan fingerprint density at radius 1 is 1.10 bits per heavy atom. The summed E-state index contributed by atoms with van der Waals surface area (Å²) in [4.78, 5) is 7.32. The van der Waals surface area contributed by atoms with Crippen molar-refractivity contribution in [2.24, 2.45) is 0 Å². The molecule has 0 saturated heterocycles. The Bertz CT molecular complexity index is 798. The highest BCUT2D eigenvalue weighted by atomic mass is 19.4. The van der Waals surface area contributed by atoms with E-state index in [1.54, 1.807) is 18.3 Å². The Morgan fingerprint density at radius 2 is 1.81 bits per heavy atom. The topological polar surface area (TPSA) is 28.7 Å². The Balaban J connectivity index is 2.18. The van der Waals surface area contributed by atoms with Crippen molar-refractivity contribution in [1.29, 1.82) is 0 Å². The van der Waals surface area contributed by atoms with E-state index >= 15 is 0 Å². The smallest absolute Gasteiger partial charge is 0.339 e. The zero-order valence-electron chi connectivity index (χ0n) is 10.9. The van der Waals surface area contributed by atoms with Gasteiger partial charge in [0.1, 0.15) is 5.65 Å². The molecule has 0 fully saturated rings. The average molecular weight is 288 g/mol. The molecule has 0 saturated carbocycles. The highest BCUT2D eigenvalue weighted by molar-refractivity contribution is 5.98. The lowest BCUT2D eigenvalue weighted by molar-refractivity contribution is -0.137. The van der Waals surface area contributed by atoms with Crippen LogP contribution in [0.2, 0.25) is 0 Å². The molecule has 0 radical (unpaired) electrons. The number of H-pyrrole nitrogens is 1. The van der Waals surface area contributed by atoms with Gasteiger partial charge in [-0.05, 0) is 35.9 Å². The van der Waals surface area contributed by atoms with Gasteiger partial charge in [0.2, 0.25) is 0 Å². The Hall–Kier alpha value is -2.56. The maximum atomic E-state index is 12.6. The van der Waals surface area contributed by atoms with Gasteiger partial charge in [0.15, 0.2) is 0 Å². The van der Waals surface area contributed by atoms with E-state index in [1.807, 2.05) is 6.07 Å². The van der Waals surface area contributed by atoms with E-state index in [0.29, 0.717) is 11.2 Å². The summed E-state index contributed by atoms with van der Waals surface area (Å²) < 4.78 is 37.9. The highest BCUT2D eigenvalue weighted by Crippen LogP contribution is 2.35. The predicted molar refractivity (Wildman–Crippen MR) is 76.6 cm³/mol. The summed E-state index contributed by atoms with van der Waals surface area (Å²) in [6, 6.07) is 8.75. The van der Waals surface area contributed by atoms with E-state index in [9.17, 15) is 13.2 Å². The zero-order valence-corrected chi connectivity index (χ0v) is 10.9. The second-order valence-electron chi connectivity index (χ2n) is 4.59. The molecular weight excluding hydrogens is 277 g/mol. The molecule has 0 atom stereocenters. The fourth-order valence-electron chi connectivity index (χ4n) is 2.33.